The number of esters is 1. The Bertz CT molecular complexity index is 746. The molecule has 1 aliphatic rings. The van der Waals surface area contributed by atoms with Crippen LogP contribution in [0, 0.1) is 0 Å². The van der Waals surface area contributed by atoms with Crippen LogP contribution < -0.4 is 10.6 Å². The third-order valence-corrected chi connectivity index (χ3v) is 3.06. The van der Waals surface area contributed by atoms with Gasteiger partial charge in [0, 0.05) is 23.5 Å². The molecule has 1 aromatic heterocycles. The summed E-state index contributed by atoms with van der Waals surface area (Å²) in [5.74, 6) is -0.308. The molecule has 0 bridgehead atoms. The van der Waals surface area contributed by atoms with Crippen LogP contribution in [-0.2, 0) is 9.53 Å². The quantitative estimate of drug-likeness (QED) is 0.668. The highest BCUT2D eigenvalue weighted by Crippen LogP contribution is 2.31. The number of carbonyl (C=O) groups excluding carboxylic acids is 2. The van der Waals surface area contributed by atoms with Crippen molar-refractivity contribution in [3.63, 3.8) is 0 Å². The Labute approximate surface area is 120 Å². The van der Waals surface area contributed by atoms with Crippen LogP contribution in [0.2, 0.25) is 0 Å². The van der Waals surface area contributed by atoms with Gasteiger partial charge in [-0.15, -0.1) is 0 Å². The van der Waals surface area contributed by atoms with Crippen molar-refractivity contribution in [2.24, 2.45) is 0 Å². The van der Waals surface area contributed by atoms with Crippen LogP contribution in [0.1, 0.15) is 16.1 Å². The molecule has 0 atom stereocenters. The summed E-state index contributed by atoms with van der Waals surface area (Å²) in [7, 11) is 1.28. The summed E-state index contributed by atoms with van der Waals surface area (Å²) in [6.07, 6.45) is 1.54. The maximum Gasteiger partial charge on any atom is 0.374 e. The van der Waals surface area contributed by atoms with Gasteiger partial charge in [-0.3, -0.25) is 4.79 Å². The van der Waals surface area contributed by atoms with E-state index in [0.29, 0.717) is 11.5 Å². The van der Waals surface area contributed by atoms with E-state index in [2.05, 4.69) is 15.4 Å². The Morgan fingerprint density at radius 2 is 2.10 bits per heavy atom. The zero-order valence-electron chi connectivity index (χ0n) is 11.2. The Morgan fingerprint density at radius 3 is 2.90 bits per heavy atom. The number of methoxy groups -OCH3 is 1. The number of carbonyl (C=O) groups is 2. The lowest BCUT2D eigenvalue weighted by molar-refractivity contribution is -0.110. The molecular weight excluding hydrogens is 272 g/mol. The van der Waals surface area contributed by atoms with Crippen LogP contribution in [-0.4, -0.2) is 19.0 Å². The number of fused-ring (bicyclic) bond motifs is 1. The first kappa shape index (κ1) is 13.0. The molecule has 0 saturated carbocycles. The fourth-order valence-corrected chi connectivity index (χ4v) is 2.05. The van der Waals surface area contributed by atoms with Gasteiger partial charge in [0.2, 0.25) is 5.76 Å². The third-order valence-electron chi connectivity index (χ3n) is 3.06. The minimum atomic E-state index is -0.556. The standard InChI is InChI=1S/C15H12N2O4/c1-20-15(19)12-6-7-13(21-12)16-8-10-9-4-2-3-5-11(9)17-14(10)18/h2-8,16H,1H3,(H,17,18). The number of furan rings is 1. The third kappa shape index (κ3) is 2.38. The Morgan fingerprint density at radius 1 is 1.29 bits per heavy atom. The fourth-order valence-electron chi connectivity index (χ4n) is 2.05. The molecule has 2 N–H and O–H groups in total. The maximum absolute atomic E-state index is 11.9. The first-order valence-corrected chi connectivity index (χ1v) is 6.24. The molecule has 1 aliphatic heterocycles. The van der Waals surface area contributed by atoms with Gasteiger partial charge in [-0.2, -0.15) is 0 Å². The number of amides is 1. The normalized spacial score (nSPS) is 14.7. The number of para-hydroxylation sites is 1. The van der Waals surface area contributed by atoms with E-state index in [1.165, 1.54) is 13.2 Å². The lowest BCUT2D eigenvalue weighted by Gasteiger charge is -1.99. The predicted octanol–water partition coefficient (Wildman–Crippen LogP) is 2.47. The summed E-state index contributed by atoms with van der Waals surface area (Å²) < 4.78 is 9.81. The van der Waals surface area contributed by atoms with Gasteiger partial charge >= 0.3 is 5.97 Å². The summed E-state index contributed by atoms with van der Waals surface area (Å²) in [5.41, 5.74) is 2.08. The largest absolute Gasteiger partial charge is 0.463 e. The van der Waals surface area contributed by atoms with E-state index in [0.717, 1.165) is 11.3 Å². The predicted molar refractivity (Wildman–Crippen MR) is 76.7 cm³/mol. The van der Waals surface area contributed by atoms with Gasteiger partial charge in [-0.05, 0) is 12.1 Å². The second kappa shape index (κ2) is 5.16. The maximum atomic E-state index is 11.9. The number of anilines is 2. The average Bonchev–Trinajstić information content (AvgIpc) is 3.08. The van der Waals surface area contributed by atoms with Crippen molar-refractivity contribution in [3.8, 4) is 0 Å². The summed E-state index contributed by atoms with van der Waals surface area (Å²) in [6.45, 7) is 0. The van der Waals surface area contributed by atoms with Crippen LogP contribution in [0.4, 0.5) is 11.6 Å². The first-order chi connectivity index (χ1) is 10.2. The average molecular weight is 284 g/mol. The van der Waals surface area contributed by atoms with Gasteiger partial charge in [-0.1, -0.05) is 18.2 Å². The number of benzene rings is 1. The van der Waals surface area contributed by atoms with Gasteiger partial charge in [-0.25, -0.2) is 4.79 Å². The van der Waals surface area contributed by atoms with Crippen molar-refractivity contribution in [3.05, 3.63) is 53.9 Å². The Kier molecular flexibility index (Phi) is 3.19. The minimum absolute atomic E-state index is 0.0923. The smallest absolute Gasteiger partial charge is 0.374 e. The highest BCUT2D eigenvalue weighted by atomic mass is 16.5. The molecular formula is C15H12N2O4. The number of hydrogen-bond acceptors (Lipinski definition) is 5. The summed E-state index contributed by atoms with van der Waals surface area (Å²) in [6, 6.07) is 10.5. The zero-order chi connectivity index (χ0) is 14.8. The van der Waals surface area contributed by atoms with Gasteiger partial charge < -0.3 is 19.8 Å². The SMILES string of the molecule is COC(=O)c1ccc(NC=C2C(=O)Nc3ccccc32)o1. The Hall–Kier alpha value is -3.02. The number of ether oxygens (including phenoxy) is 1. The van der Waals surface area contributed by atoms with Crippen molar-refractivity contribution < 1.29 is 18.7 Å². The topological polar surface area (TPSA) is 80.6 Å². The molecule has 106 valence electrons. The molecule has 0 unspecified atom stereocenters. The summed E-state index contributed by atoms with van der Waals surface area (Å²) >= 11 is 0. The van der Waals surface area contributed by atoms with Crippen molar-refractivity contribution >= 4 is 29.0 Å². The van der Waals surface area contributed by atoms with E-state index >= 15 is 0 Å². The molecule has 2 aromatic rings. The van der Waals surface area contributed by atoms with Crippen molar-refractivity contribution in [1.29, 1.82) is 0 Å². The molecule has 2 heterocycles. The van der Waals surface area contributed by atoms with Crippen LogP contribution in [0.3, 0.4) is 0 Å². The van der Waals surface area contributed by atoms with E-state index in [-0.39, 0.29) is 11.7 Å². The molecule has 0 aliphatic carbocycles. The fraction of sp³-hybridized carbons (Fsp3) is 0.0667. The number of nitrogens with one attached hydrogen (secondary N) is 2. The lowest BCUT2D eigenvalue weighted by atomic mass is 10.1. The second-order valence-corrected chi connectivity index (χ2v) is 4.36. The van der Waals surface area contributed by atoms with E-state index in [1.807, 2.05) is 24.3 Å². The van der Waals surface area contributed by atoms with Crippen molar-refractivity contribution in [2.45, 2.75) is 0 Å². The monoisotopic (exact) mass is 284 g/mol. The molecule has 1 amide bonds. The zero-order valence-corrected chi connectivity index (χ0v) is 11.2. The van der Waals surface area contributed by atoms with Crippen LogP contribution >= 0.6 is 0 Å². The molecule has 6 heteroatoms. The molecule has 6 nitrogen and oxygen atoms in total. The van der Waals surface area contributed by atoms with Crippen LogP contribution in [0.15, 0.2) is 47.0 Å². The minimum Gasteiger partial charge on any atom is -0.463 e. The van der Waals surface area contributed by atoms with Gasteiger partial charge in [0.1, 0.15) is 0 Å². The summed E-state index contributed by atoms with van der Waals surface area (Å²) in [4.78, 5) is 23.2. The van der Waals surface area contributed by atoms with Crippen molar-refractivity contribution in [2.75, 3.05) is 17.7 Å². The second-order valence-electron chi connectivity index (χ2n) is 4.36. The number of rotatable bonds is 3. The first-order valence-electron chi connectivity index (χ1n) is 6.24. The molecule has 21 heavy (non-hydrogen) atoms. The van der Waals surface area contributed by atoms with E-state index < -0.39 is 5.97 Å². The van der Waals surface area contributed by atoms with Gasteiger partial charge in [0.05, 0.1) is 12.7 Å². The summed E-state index contributed by atoms with van der Waals surface area (Å²) in [5, 5.41) is 5.62. The Balaban J connectivity index is 1.82. The van der Waals surface area contributed by atoms with Crippen LogP contribution in [0.25, 0.3) is 5.57 Å². The van der Waals surface area contributed by atoms with E-state index in [9.17, 15) is 9.59 Å². The lowest BCUT2D eigenvalue weighted by Crippen LogP contribution is -2.05. The molecule has 0 fully saturated rings. The molecule has 3 rings (SSSR count). The van der Waals surface area contributed by atoms with E-state index in [1.54, 1.807) is 12.3 Å². The molecule has 1 aromatic carbocycles. The van der Waals surface area contributed by atoms with Crippen LogP contribution in [0.5, 0.6) is 0 Å². The van der Waals surface area contributed by atoms with Gasteiger partial charge in [0.25, 0.3) is 5.91 Å². The molecule has 0 saturated heterocycles. The molecule has 0 radical (unpaired) electrons. The van der Waals surface area contributed by atoms with E-state index in [4.69, 9.17) is 4.42 Å². The van der Waals surface area contributed by atoms with Crippen molar-refractivity contribution in [1.82, 2.24) is 0 Å². The number of hydrogen-bond donors (Lipinski definition) is 2. The highest BCUT2D eigenvalue weighted by Gasteiger charge is 2.23. The molecule has 0 spiro atoms. The van der Waals surface area contributed by atoms with Gasteiger partial charge in [0.15, 0.2) is 5.88 Å². The highest BCUT2D eigenvalue weighted by molar-refractivity contribution is 6.31.